The summed E-state index contributed by atoms with van der Waals surface area (Å²) in [7, 11) is 1.68. The Morgan fingerprint density at radius 3 is 2.68 bits per heavy atom. The first-order chi connectivity index (χ1) is 10.6. The molecule has 1 N–H and O–H groups in total. The molecule has 0 saturated heterocycles. The molecular formula is C17H24N4O. The van der Waals surface area contributed by atoms with E-state index in [2.05, 4.69) is 58.3 Å². The molecule has 0 aliphatic heterocycles. The van der Waals surface area contributed by atoms with Crippen LogP contribution >= 0.6 is 0 Å². The first-order valence-electron chi connectivity index (χ1n) is 7.56. The van der Waals surface area contributed by atoms with E-state index in [0.29, 0.717) is 19.1 Å². The lowest BCUT2D eigenvalue weighted by Crippen LogP contribution is -2.19. The summed E-state index contributed by atoms with van der Waals surface area (Å²) in [4.78, 5) is 11.2. The lowest BCUT2D eigenvalue weighted by atomic mass is 10.2. The molecule has 1 heterocycles. The van der Waals surface area contributed by atoms with E-state index < -0.39 is 0 Å². The van der Waals surface area contributed by atoms with Crippen molar-refractivity contribution in [1.29, 1.82) is 0 Å². The number of aromatic nitrogens is 2. The zero-order valence-corrected chi connectivity index (χ0v) is 13.8. The van der Waals surface area contributed by atoms with E-state index in [1.165, 1.54) is 5.56 Å². The van der Waals surface area contributed by atoms with Crippen LogP contribution in [0.25, 0.3) is 0 Å². The first-order valence-corrected chi connectivity index (χ1v) is 7.56. The Labute approximate surface area is 132 Å². The number of hydrogen-bond donors (Lipinski definition) is 1. The molecule has 0 fully saturated rings. The summed E-state index contributed by atoms with van der Waals surface area (Å²) in [5.74, 6) is 1.54. The topological polar surface area (TPSA) is 50.3 Å². The van der Waals surface area contributed by atoms with E-state index in [1.807, 2.05) is 13.0 Å². The van der Waals surface area contributed by atoms with Gasteiger partial charge in [0.2, 0.25) is 5.95 Å². The SMILES string of the molecule is CCN(c1cccc(C)c1)c1cc(C)nc(NCCOC)n1. The van der Waals surface area contributed by atoms with Crippen molar-refractivity contribution in [3.63, 3.8) is 0 Å². The van der Waals surface area contributed by atoms with Crippen molar-refractivity contribution in [3.05, 3.63) is 41.6 Å². The van der Waals surface area contributed by atoms with Crippen LogP contribution in [0.2, 0.25) is 0 Å². The molecule has 0 spiro atoms. The van der Waals surface area contributed by atoms with E-state index in [9.17, 15) is 0 Å². The van der Waals surface area contributed by atoms with Crippen LogP contribution in [0.1, 0.15) is 18.2 Å². The van der Waals surface area contributed by atoms with Crippen LogP contribution in [-0.4, -0.2) is 36.8 Å². The van der Waals surface area contributed by atoms with Gasteiger partial charge in [-0.15, -0.1) is 0 Å². The van der Waals surface area contributed by atoms with Gasteiger partial charge < -0.3 is 15.0 Å². The standard InChI is InChI=1S/C17H24N4O/c1-5-21(15-8-6-7-13(2)11-15)16-12-14(3)19-17(20-16)18-9-10-22-4/h6-8,11-12H,5,9-10H2,1-4H3,(H,18,19,20). The zero-order valence-electron chi connectivity index (χ0n) is 13.8. The van der Waals surface area contributed by atoms with Gasteiger partial charge in [-0.05, 0) is 38.5 Å². The monoisotopic (exact) mass is 300 g/mol. The van der Waals surface area contributed by atoms with Gasteiger partial charge in [-0.1, -0.05) is 12.1 Å². The predicted molar refractivity (Wildman–Crippen MR) is 91.0 cm³/mol. The van der Waals surface area contributed by atoms with Crippen LogP contribution in [0.4, 0.5) is 17.5 Å². The van der Waals surface area contributed by atoms with E-state index in [1.54, 1.807) is 7.11 Å². The van der Waals surface area contributed by atoms with Gasteiger partial charge in [0.1, 0.15) is 5.82 Å². The highest BCUT2D eigenvalue weighted by Gasteiger charge is 2.11. The third kappa shape index (κ3) is 4.18. The number of methoxy groups -OCH3 is 1. The van der Waals surface area contributed by atoms with Crippen molar-refractivity contribution in [2.45, 2.75) is 20.8 Å². The summed E-state index contributed by atoms with van der Waals surface area (Å²) in [6.45, 7) is 8.37. The molecule has 22 heavy (non-hydrogen) atoms. The molecule has 0 radical (unpaired) electrons. The molecule has 1 aromatic heterocycles. The first kappa shape index (κ1) is 16.2. The number of anilines is 3. The van der Waals surface area contributed by atoms with Gasteiger partial charge in [-0.3, -0.25) is 0 Å². The number of aryl methyl sites for hydroxylation is 2. The van der Waals surface area contributed by atoms with E-state index in [4.69, 9.17) is 4.74 Å². The minimum absolute atomic E-state index is 0.627. The second kappa shape index (κ2) is 7.75. The molecular weight excluding hydrogens is 276 g/mol. The van der Waals surface area contributed by atoms with Gasteiger partial charge in [-0.25, -0.2) is 4.98 Å². The van der Waals surface area contributed by atoms with Crippen LogP contribution < -0.4 is 10.2 Å². The van der Waals surface area contributed by atoms with Crippen molar-refractivity contribution in [1.82, 2.24) is 9.97 Å². The third-order valence-electron chi connectivity index (χ3n) is 3.34. The molecule has 5 heteroatoms. The average Bonchev–Trinajstić information content (AvgIpc) is 2.48. The Kier molecular flexibility index (Phi) is 5.72. The van der Waals surface area contributed by atoms with Crippen LogP contribution in [-0.2, 0) is 4.74 Å². The summed E-state index contributed by atoms with van der Waals surface area (Å²) < 4.78 is 5.05. The Hall–Kier alpha value is -2.14. The average molecular weight is 300 g/mol. The summed E-state index contributed by atoms with van der Waals surface area (Å²) in [5, 5.41) is 3.19. The Bertz CT molecular complexity index is 615. The lowest BCUT2D eigenvalue weighted by Gasteiger charge is -2.23. The highest BCUT2D eigenvalue weighted by Crippen LogP contribution is 2.25. The van der Waals surface area contributed by atoms with Crippen molar-refractivity contribution >= 4 is 17.5 Å². The summed E-state index contributed by atoms with van der Waals surface area (Å²) in [6, 6.07) is 10.4. The minimum Gasteiger partial charge on any atom is -0.383 e. The van der Waals surface area contributed by atoms with E-state index in [0.717, 1.165) is 23.7 Å². The second-order valence-electron chi connectivity index (χ2n) is 5.19. The summed E-state index contributed by atoms with van der Waals surface area (Å²) >= 11 is 0. The maximum absolute atomic E-state index is 5.05. The van der Waals surface area contributed by atoms with Gasteiger partial charge in [0.25, 0.3) is 0 Å². The molecule has 0 aliphatic carbocycles. The van der Waals surface area contributed by atoms with Gasteiger partial charge in [0.15, 0.2) is 0 Å². The molecule has 0 amide bonds. The molecule has 0 saturated carbocycles. The van der Waals surface area contributed by atoms with Gasteiger partial charge in [0.05, 0.1) is 6.61 Å². The van der Waals surface area contributed by atoms with Gasteiger partial charge >= 0.3 is 0 Å². The van der Waals surface area contributed by atoms with Crippen LogP contribution in [0.3, 0.4) is 0 Å². The molecule has 0 atom stereocenters. The van der Waals surface area contributed by atoms with Crippen molar-refractivity contribution < 1.29 is 4.74 Å². The number of nitrogens with zero attached hydrogens (tertiary/aromatic N) is 3. The molecule has 2 aromatic rings. The maximum atomic E-state index is 5.05. The van der Waals surface area contributed by atoms with E-state index in [-0.39, 0.29) is 0 Å². The fraction of sp³-hybridized carbons (Fsp3) is 0.412. The summed E-state index contributed by atoms with van der Waals surface area (Å²) in [5.41, 5.74) is 3.32. The molecule has 0 unspecified atom stereocenters. The Balaban J connectivity index is 2.28. The third-order valence-corrected chi connectivity index (χ3v) is 3.34. The fourth-order valence-electron chi connectivity index (χ4n) is 2.31. The quantitative estimate of drug-likeness (QED) is 0.795. The molecule has 1 aromatic carbocycles. The van der Waals surface area contributed by atoms with Crippen LogP contribution in [0, 0.1) is 13.8 Å². The largest absolute Gasteiger partial charge is 0.383 e. The van der Waals surface area contributed by atoms with Crippen LogP contribution in [0.15, 0.2) is 30.3 Å². The Morgan fingerprint density at radius 1 is 1.18 bits per heavy atom. The highest BCUT2D eigenvalue weighted by atomic mass is 16.5. The van der Waals surface area contributed by atoms with Crippen LogP contribution in [0.5, 0.6) is 0 Å². The number of ether oxygens (including phenoxy) is 1. The highest BCUT2D eigenvalue weighted by molar-refractivity contribution is 5.61. The maximum Gasteiger partial charge on any atom is 0.224 e. The normalized spacial score (nSPS) is 10.5. The molecule has 2 rings (SSSR count). The molecule has 118 valence electrons. The van der Waals surface area contributed by atoms with Gasteiger partial charge in [-0.2, -0.15) is 4.98 Å². The minimum atomic E-state index is 0.627. The lowest BCUT2D eigenvalue weighted by molar-refractivity contribution is 0.210. The predicted octanol–water partition coefficient (Wildman–Crippen LogP) is 3.31. The Morgan fingerprint density at radius 2 is 2.00 bits per heavy atom. The summed E-state index contributed by atoms with van der Waals surface area (Å²) in [6.07, 6.45) is 0. The number of nitrogens with one attached hydrogen (secondary N) is 1. The zero-order chi connectivity index (χ0) is 15.9. The molecule has 0 aliphatic rings. The number of hydrogen-bond acceptors (Lipinski definition) is 5. The molecule has 5 nitrogen and oxygen atoms in total. The van der Waals surface area contributed by atoms with Crippen molar-refractivity contribution in [3.8, 4) is 0 Å². The second-order valence-corrected chi connectivity index (χ2v) is 5.19. The van der Waals surface area contributed by atoms with Gasteiger partial charge in [0, 0.05) is 37.6 Å². The number of rotatable bonds is 7. The van der Waals surface area contributed by atoms with E-state index >= 15 is 0 Å². The van der Waals surface area contributed by atoms with Crippen molar-refractivity contribution in [2.24, 2.45) is 0 Å². The molecule has 0 bridgehead atoms. The fourth-order valence-corrected chi connectivity index (χ4v) is 2.31. The smallest absolute Gasteiger partial charge is 0.224 e. The van der Waals surface area contributed by atoms with Crippen molar-refractivity contribution in [2.75, 3.05) is 37.0 Å². The number of benzene rings is 1.